The number of ether oxygens (including phenoxy) is 1. The molecular formula is C12H18N2O2S. The van der Waals surface area contributed by atoms with Gasteiger partial charge in [-0.15, -0.1) is 0 Å². The summed E-state index contributed by atoms with van der Waals surface area (Å²) >= 11 is 1.38. The lowest BCUT2D eigenvalue weighted by Gasteiger charge is -2.18. The Balaban J connectivity index is 2.07. The second kappa shape index (κ2) is 5.14. The number of nitrogens with one attached hydrogen (secondary N) is 1. The number of hydrogen-bond donors (Lipinski definition) is 1. The predicted molar refractivity (Wildman–Crippen MR) is 67.5 cm³/mol. The van der Waals surface area contributed by atoms with Crippen molar-refractivity contribution in [1.29, 1.82) is 0 Å². The largest absolute Gasteiger partial charge is 0.376 e. The Kier molecular flexibility index (Phi) is 3.79. The minimum absolute atomic E-state index is 0.0114. The second-order valence-corrected chi connectivity index (χ2v) is 5.36. The maximum Gasteiger partial charge on any atom is 0.254 e. The highest BCUT2D eigenvalue weighted by atomic mass is 32.1. The van der Waals surface area contributed by atoms with E-state index in [9.17, 15) is 4.79 Å². The van der Waals surface area contributed by atoms with Gasteiger partial charge in [0, 0.05) is 11.5 Å². The summed E-state index contributed by atoms with van der Waals surface area (Å²) in [6, 6.07) is 0.145. The average molecular weight is 254 g/mol. The Morgan fingerprint density at radius 1 is 1.59 bits per heavy atom. The van der Waals surface area contributed by atoms with Crippen LogP contribution in [0.1, 0.15) is 40.7 Å². The summed E-state index contributed by atoms with van der Waals surface area (Å²) < 4.78 is 9.77. The SMILES string of the molecule is CC[C@@H]1OCC[C@H]1NC(=O)c1c(C)nsc1C. The van der Waals surface area contributed by atoms with Crippen LogP contribution < -0.4 is 5.32 Å². The molecule has 4 nitrogen and oxygen atoms in total. The van der Waals surface area contributed by atoms with Crippen molar-refractivity contribution >= 4 is 17.4 Å². The van der Waals surface area contributed by atoms with E-state index in [0.717, 1.165) is 35.6 Å². The van der Waals surface area contributed by atoms with Crippen LogP contribution in [-0.2, 0) is 4.74 Å². The lowest BCUT2D eigenvalue weighted by atomic mass is 10.1. The first-order valence-corrected chi connectivity index (χ1v) is 6.76. The number of hydrogen-bond acceptors (Lipinski definition) is 4. The number of amides is 1. The van der Waals surface area contributed by atoms with E-state index in [1.807, 2.05) is 13.8 Å². The van der Waals surface area contributed by atoms with E-state index in [1.54, 1.807) is 0 Å². The zero-order valence-electron chi connectivity index (χ0n) is 10.4. The molecule has 5 heteroatoms. The molecule has 2 rings (SSSR count). The molecule has 1 aromatic rings. The molecule has 1 amide bonds. The summed E-state index contributed by atoms with van der Waals surface area (Å²) in [5, 5.41) is 3.07. The first-order chi connectivity index (χ1) is 8.13. The van der Waals surface area contributed by atoms with Crippen LogP contribution in [-0.4, -0.2) is 29.0 Å². The Bertz CT molecular complexity index is 397. The molecule has 0 aromatic carbocycles. The third kappa shape index (κ3) is 2.50. The monoisotopic (exact) mass is 254 g/mol. The van der Waals surface area contributed by atoms with E-state index < -0.39 is 0 Å². The molecule has 94 valence electrons. The molecule has 0 spiro atoms. The summed E-state index contributed by atoms with van der Waals surface area (Å²) in [4.78, 5) is 13.1. The van der Waals surface area contributed by atoms with Gasteiger partial charge in [-0.25, -0.2) is 0 Å². The van der Waals surface area contributed by atoms with Crippen LogP contribution in [0.25, 0.3) is 0 Å². The number of aromatic nitrogens is 1. The van der Waals surface area contributed by atoms with Gasteiger partial charge in [0.05, 0.1) is 23.4 Å². The second-order valence-electron chi connectivity index (χ2n) is 4.39. The average Bonchev–Trinajstić information content (AvgIpc) is 2.85. The van der Waals surface area contributed by atoms with E-state index in [4.69, 9.17) is 4.74 Å². The zero-order valence-corrected chi connectivity index (χ0v) is 11.3. The van der Waals surface area contributed by atoms with Crippen molar-refractivity contribution < 1.29 is 9.53 Å². The molecule has 0 radical (unpaired) electrons. The van der Waals surface area contributed by atoms with Gasteiger partial charge in [0.2, 0.25) is 0 Å². The van der Waals surface area contributed by atoms with Crippen molar-refractivity contribution in [2.24, 2.45) is 0 Å². The van der Waals surface area contributed by atoms with Gasteiger partial charge in [0.1, 0.15) is 0 Å². The third-order valence-corrected chi connectivity index (χ3v) is 4.03. The Morgan fingerprint density at radius 2 is 2.35 bits per heavy atom. The molecule has 1 fully saturated rings. The first kappa shape index (κ1) is 12.5. The van der Waals surface area contributed by atoms with Crippen molar-refractivity contribution in [2.45, 2.75) is 45.8 Å². The molecule has 1 N–H and O–H groups in total. The predicted octanol–water partition coefficient (Wildman–Crippen LogP) is 2.06. The van der Waals surface area contributed by atoms with Gasteiger partial charge < -0.3 is 10.1 Å². The summed E-state index contributed by atoms with van der Waals surface area (Å²) in [5.74, 6) is -0.0114. The third-order valence-electron chi connectivity index (χ3n) is 3.19. The van der Waals surface area contributed by atoms with Crippen molar-refractivity contribution in [1.82, 2.24) is 9.69 Å². The topological polar surface area (TPSA) is 51.2 Å². The fourth-order valence-corrected chi connectivity index (χ4v) is 2.96. The Morgan fingerprint density at radius 3 is 2.94 bits per heavy atom. The molecule has 1 aliphatic heterocycles. The van der Waals surface area contributed by atoms with Crippen LogP contribution in [0.4, 0.5) is 0 Å². The maximum atomic E-state index is 12.2. The standard InChI is InChI=1S/C12H18N2O2S/c1-4-10-9(5-6-16-10)13-12(15)11-7(2)14-17-8(11)3/h9-10H,4-6H2,1-3H3,(H,13,15)/t9-,10+/m1/s1. The molecule has 2 atom stereocenters. The van der Waals surface area contributed by atoms with Crippen molar-refractivity contribution in [3.05, 3.63) is 16.1 Å². The van der Waals surface area contributed by atoms with Gasteiger partial charge in [0.25, 0.3) is 5.91 Å². The lowest BCUT2D eigenvalue weighted by molar-refractivity contribution is 0.0808. The summed E-state index contributed by atoms with van der Waals surface area (Å²) in [7, 11) is 0. The number of aryl methyl sites for hydroxylation is 2. The Labute approximate surface area is 106 Å². The maximum absolute atomic E-state index is 12.2. The van der Waals surface area contributed by atoms with Crippen LogP contribution in [0.5, 0.6) is 0 Å². The van der Waals surface area contributed by atoms with Gasteiger partial charge in [0.15, 0.2) is 0 Å². The molecule has 0 bridgehead atoms. The van der Waals surface area contributed by atoms with Crippen LogP contribution >= 0.6 is 11.5 Å². The molecule has 0 saturated carbocycles. The van der Waals surface area contributed by atoms with Gasteiger partial charge in [-0.3, -0.25) is 4.79 Å². The van der Waals surface area contributed by atoms with Crippen molar-refractivity contribution in [3.8, 4) is 0 Å². The quantitative estimate of drug-likeness (QED) is 0.898. The number of carbonyl (C=O) groups is 1. The van der Waals surface area contributed by atoms with Crippen LogP contribution in [0.3, 0.4) is 0 Å². The summed E-state index contributed by atoms with van der Waals surface area (Å²) in [6.07, 6.45) is 2.00. The molecule has 17 heavy (non-hydrogen) atoms. The highest BCUT2D eigenvalue weighted by molar-refractivity contribution is 7.06. The molecule has 0 aliphatic carbocycles. The zero-order chi connectivity index (χ0) is 12.4. The minimum atomic E-state index is -0.0114. The van der Waals surface area contributed by atoms with Gasteiger partial charge in [-0.1, -0.05) is 6.92 Å². The molecule has 0 unspecified atom stereocenters. The van der Waals surface area contributed by atoms with Crippen LogP contribution in [0.15, 0.2) is 0 Å². The fraction of sp³-hybridized carbons (Fsp3) is 0.667. The molecule has 1 saturated heterocycles. The minimum Gasteiger partial charge on any atom is -0.376 e. The van der Waals surface area contributed by atoms with Crippen LogP contribution in [0, 0.1) is 13.8 Å². The van der Waals surface area contributed by atoms with E-state index in [-0.39, 0.29) is 18.1 Å². The molecule has 2 heterocycles. The highest BCUT2D eigenvalue weighted by Gasteiger charge is 2.29. The van der Waals surface area contributed by atoms with E-state index in [2.05, 4.69) is 16.6 Å². The lowest BCUT2D eigenvalue weighted by Crippen LogP contribution is -2.40. The van der Waals surface area contributed by atoms with E-state index in [1.165, 1.54) is 11.5 Å². The van der Waals surface area contributed by atoms with Gasteiger partial charge >= 0.3 is 0 Å². The molecular weight excluding hydrogens is 236 g/mol. The number of nitrogens with zero attached hydrogens (tertiary/aromatic N) is 1. The van der Waals surface area contributed by atoms with Gasteiger partial charge in [-0.05, 0) is 38.2 Å². The summed E-state index contributed by atoms with van der Waals surface area (Å²) in [6.45, 7) is 6.63. The normalized spacial score (nSPS) is 23.9. The van der Waals surface area contributed by atoms with E-state index >= 15 is 0 Å². The van der Waals surface area contributed by atoms with Crippen molar-refractivity contribution in [2.75, 3.05) is 6.61 Å². The molecule has 1 aromatic heterocycles. The van der Waals surface area contributed by atoms with E-state index in [0.29, 0.717) is 0 Å². The summed E-state index contributed by atoms with van der Waals surface area (Å²) in [5.41, 5.74) is 1.55. The highest BCUT2D eigenvalue weighted by Crippen LogP contribution is 2.20. The van der Waals surface area contributed by atoms with Gasteiger partial charge in [-0.2, -0.15) is 4.37 Å². The first-order valence-electron chi connectivity index (χ1n) is 5.98. The van der Waals surface area contributed by atoms with Crippen LogP contribution in [0.2, 0.25) is 0 Å². The smallest absolute Gasteiger partial charge is 0.254 e. The number of rotatable bonds is 3. The molecule has 1 aliphatic rings. The van der Waals surface area contributed by atoms with Crippen molar-refractivity contribution in [3.63, 3.8) is 0 Å². The number of carbonyl (C=O) groups excluding carboxylic acids is 1. The Hall–Kier alpha value is -0.940. The fourth-order valence-electron chi connectivity index (χ4n) is 2.26.